The van der Waals surface area contributed by atoms with Crippen molar-refractivity contribution >= 4 is 29.5 Å². The number of nitrogens with zero attached hydrogens (tertiary/aromatic N) is 1. The highest BCUT2D eigenvalue weighted by molar-refractivity contribution is 5.99. The molecule has 39 heavy (non-hydrogen) atoms. The van der Waals surface area contributed by atoms with Gasteiger partial charge in [-0.05, 0) is 75.9 Å². The van der Waals surface area contributed by atoms with Gasteiger partial charge < -0.3 is 31.1 Å². The molecule has 0 aromatic heterocycles. The van der Waals surface area contributed by atoms with E-state index in [4.69, 9.17) is 10.5 Å². The molecule has 0 radical (unpaired) electrons. The Morgan fingerprint density at radius 1 is 1.10 bits per heavy atom. The van der Waals surface area contributed by atoms with E-state index in [0.717, 1.165) is 5.56 Å². The van der Waals surface area contributed by atoms with Gasteiger partial charge in [-0.25, -0.2) is 4.79 Å². The van der Waals surface area contributed by atoms with Crippen molar-refractivity contribution in [3.8, 4) is 5.75 Å². The van der Waals surface area contributed by atoms with Crippen LogP contribution in [0, 0.1) is 13.8 Å². The van der Waals surface area contributed by atoms with E-state index < -0.39 is 41.5 Å². The number of phenolic OH excluding ortho intramolecular Hbond substituents is 1. The number of primary amides is 1. The van der Waals surface area contributed by atoms with Gasteiger partial charge in [0.05, 0.1) is 0 Å². The van der Waals surface area contributed by atoms with Crippen molar-refractivity contribution in [1.29, 1.82) is 0 Å². The molecule has 0 fully saturated rings. The van der Waals surface area contributed by atoms with Crippen LogP contribution >= 0.6 is 0 Å². The van der Waals surface area contributed by atoms with E-state index >= 15 is 0 Å². The summed E-state index contributed by atoms with van der Waals surface area (Å²) in [7, 11) is 0. The minimum Gasteiger partial charge on any atom is -0.508 e. The first kappa shape index (κ1) is 30.9. The summed E-state index contributed by atoms with van der Waals surface area (Å²) in [5.74, 6) is -1.78. The van der Waals surface area contributed by atoms with E-state index in [-0.39, 0.29) is 25.1 Å². The number of nitrogens with one attached hydrogen (secondary N) is 2. The molecule has 2 unspecified atom stereocenters. The van der Waals surface area contributed by atoms with E-state index in [1.54, 1.807) is 52.0 Å². The molecule has 10 nitrogen and oxygen atoms in total. The monoisotopic (exact) mass is 538 g/mol. The lowest BCUT2D eigenvalue weighted by atomic mass is 9.99. The Balaban J connectivity index is 2.55. The Kier molecular flexibility index (Phi) is 10.7. The third-order valence-corrected chi connectivity index (χ3v) is 5.78. The Morgan fingerprint density at radius 2 is 1.77 bits per heavy atom. The van der Waals surface area contributed by atoms with Crippen molar-refractivity contribution < 1.29 is 29.0 Å². The third kappa shape index (κ3) is 9.17. The molecular weight excluding hydrogens is 500 g/mol. The number of carbonyl (C=O) groups is 4. The Morgan fingerprint density at radius 3 is 2.33 bits per heavy atom. The van der Waals surface area contributed by atoms with E-state index in [0.29, 0.717) is 16.8 Å². The summed E-state index contributed by atoms with van der Waals surface area (Å²) in [5.41, 5.74) is 6.81. The average Bonchev–Trinajstić information content (AvgIpc) is 2.83. The lowest BCUT2D eigenvalue weighted by Gasteiger charge is -2.34. The minimum absolute atomic E-state index is 0.0318. The standard InChI is InChI=1S/C29H38N4O6/c1-7-16-33(27(37)22(13-15-24(30)35)32-28(38)39-29(4,5)6)25(20-12-14-23(34)19(3)17-20)26(36)31-21-11-9-8-10-18(21)2/h7-12,14,17,22,25,34H,1,13,15-16H2,2-6H3,(H2,30,35)(H,31,36)(H,32,38). The molecule has 2 aromatic rings. The lowest BCUT2D eigenvalue weighted by molar-refractivity contribution is -0.140. The summed E-state index contributed by atoms with van der Waals surface area (Å²) in [5, 5.41) is 15.5. The topological polar surface area (TPSA) is 151 Å². The second-order valence-corrected chi connectivity index (χ2v) is 10.2. The zero-order chi connectivity index (χ0) is 29.3. The molecule has 2 aromatic carbocycles. The molecule has 4 amide bonds. The third-order valence-electron chi connectivity index (χ3n) is 5.78. The van der Waals surface area contributed by atoms with E-state index in [9.17, 15) is 24.3 Å². The fourth-order valence-corrected chi connectivity index (χ4v) is 3.89. The maximum Gasteiger partial charge on any atom is 0.408 e. The summed E-state index contributed by atoms with van der Waals surface area (Å²) < 4.78 is 5.31. The van der Waals surface area contributed by atoms with Gasteiger partial charge >= 0.3 is 6.09 Å². The van der Waals surface area contributed by atoms with Gasteiger partial charge in [0.2, 0.25) is 11.8 Å². The summed E-state index contributed by atoms with van der Waals surface area (Å²) in [6.07, 6.45) is 0.303. The number of amides is 4. The molecule has 0 aliphatic heterocycles. The zero-order valence-electron chi connectivity index (χ0n) is 23.1. The van der Waals surface area contributed by atoms with Gasteiger partial charge in [0.1, 0.15) is 23.4 Å². The predicted molar refractivity (Wildman–Crippen MR) is 149 cm³/mol. The maximum atomic E-state index is 14.0. The van der Waals surface area contributed by atoms with Gasteiger partial charge in [-0.15, -0.1) is 6.58 Å². The molecular formula is C29H38N4O6. The molecule has 0 aliphatic carbocycles. The van der Waals surface area contributed by atoms with Gasteiger partial charge in [-0.2, -0.15) is 0 Å². The summed E-state index contributed by atoms with van der Waals surface area (Å²) in [6.45, 7) is 12.2. The van der Waals surface area contributed by atoms with E-state index in [1.165, 1.54) is 17.0 Å². The fourth-order valence-electron chi connectivity index (χ4n) is 3.89. The molecule has 0 spiro atoms. The van der Waals surface area contributed by atoms with E-state index in [1.807, 2.05) is 19.1 Å². The largest absolute Gasteiger partial charge is 0.508 e. The molecule has 0 saturated carbocycles. The highest BCUT2D eigenvalue weighted by Crippen LogP contribution is 2.29. The number of benzene rings is 2. The van der Waals surface area contributed by atoms with E-state index in [2.05, 4.69) is 17.2 Å². The number of alkyl carbamates (subject to hydrolysis) is 1. The number of aromatic hydroxyl groups is 1. The molecule has 10 heteroatoms. The van der Waals surface area contributed by atoms with Crippen LogP contribution < -0.4 is 16.4 Å². The maximum absolute atomic E-state index is 14.0. The Bertz CT molecular complexity index is 1220. The second kappa shape index (κ2) is 13.5. The number of phenols is 1. The van der Waals surface area contributed by atoms with Gasteiger partial charge in [-0.3, -0.25) is 14.4 Å². The van der Waals surface area contributed by atoms with Crippen LogP contribution in [-0.4, -0.2) is 52.0 Å². The molecule has 210 valence electrons. The van der Waals surface area contributed by atoms with Crippen LogP contribution in [0.2, 0.25) is 0 Å². The Hall–Kier alpha value is -4.34. The summed E-state index contributed by atoms with van der Waals surface area (Å²) in [6, 6.07) is 9.40. The predicted octanol–water partition coefficient (Wildman–Crippen LogP) is 3.86. The molecule has 2 atom stereocenters. The van der Waals surface area contributed by atoms with Crippen molar-refractivity contribution in [3.05, 3.63) is 71.8 Å². The Labute approximate surface area is 229 Å². The van der Waals surface area contributed by atoms with Crippen molar-refractivity contribution in [2.24, 2.45) is 5.73 Å². The van der Waals surface area contributed by atoms with Crippen molar-refractivity contribution in [1.82, 2.24) is 10.2 Å². The molecule has 5 N–H and O–H groups in total. The first-order valence-electron chi connectivity index (χ1n) is 12.6. The van der Waals surface area contributed by atoms with Crippen LogP contribution in [0.1, 0.15) is 56.3 Å². The number of anilines is 1. The number of nitrogens with two attached hydrogens (primary N) is 1. The number of rotatable bonds is 11. The van der Waals surface area contributed by atoms with Crippen LogP contribution in [0.15, 0.2) is 55.1 Å². The first-order chi connectivity index (χ1) is 18.2. The molecule has 0 saturated heterocycles. The van der Waals surface area contributed by atoms with Gasteiger partial charge in [0.25, 0.3) is 5.91 Å². The molecule has 0 aliphatic rings. The second-order valence-electron chi connectivity index (χ2n) is 10.2. The normalized spacial score (nSPS) is 12.5. The highest BCUT2D eigenvalue weighted by atomic mass is 16.6. The average molecular weight is 539 g/mol. The van der Waals surface area contributed by atoms with Crippen LogP contribution in [0.3, 0.4) is 0 Å². The van der Waals surface area contributed by atoms with Crippen LogP contribution in [-0.2, 0) is 19.1 Å². The minimum atomic E-state index is -1.22. The fraction of sp³-hybridized carbons (Fsp3) is 0.379. The lowest BCUT2D eigenvalue weighted by Crippen LogP contribution is -2.52. The number of para-hydroxylation sites is 1. The SMILES string of the molecule is C=CCN(C(=O)C(CCC(N)=O)NC(=O)OC(C)(C)C)C(C(=O)Nc1ccccc1C)c1ccc(O)c(C)c1. The number of hydrogen-bond donors (Lipinski definition) is 4. The van der Waals surface area contributed by atoms with Crippen molar-refractivity contribution in [2.45, 2.75) is 65.1 Å². The number of aryl methyl sites for hydroxylation is 2. The first-order valence-corrected chi connectivity index (χ1v) is 12.6. The molecule has 0 heterocycles. The molecule has 2 rings (SSSR count). The van der Waals surface area contributed by atoms with Crippen LogP contribution in [0.4, 0.5) is 10.5 Å². The summed E-state index contributed by atoms with van der Waals surface area (Å²) >= 11 is 0. The number of carbonyl (C=O) groups excluding carboxylic acids is 4. The highest BCUT2D eigenvalue weighted by Gasteiger charge is 2.36. The van der Waals surface area contributed by atoms with Gasteiger partial charge in [0, 0.05) is 18.7 Å². The molecule has 0 bridgehead atoms. The number of hydrogen-bond acceptors (Lipinski definition) is 6. The van der Waals surface area contributed by atoms with Crippen LogP contribution in [0.25, 0.3) is 0 Å². The van der Waals surface area contributed by atoms with Gasteiger partial charge in [-0.1, -0.05) is 30.3 Å². The van der Waals surface area contributed by atoms with Crippen molar-refractivity contribution in [2.75, 3.05) is 11.9 Å². The zero-order valence-corrected chi connectivity index (χ0v) is 23.1. The smallest absolute Gasteiger partial charge is 0.408 e. The number of ether oxygens (including phenoxy) is 1. The van der Waals surface area contributed by atoms with Crippen molar-refractivity contribution in [3.63, 3.8) is 0 Å². The van der Waals surface area contributed by atoms with Crippen LogP contribution in [0.5, 0.6) is 5.75 Å². The summed E-state index contributed by atoms with van der Waals surface area (Å²) in [4.78, 5) is 53.2. The quantitative estimate of drug-likeness (QED) is 0.319. The van der Waals surface area contributed by atoms with Gasteiger partial charge in [0.15, 0.2) is 0 Å².